The Morgan fingerprint density at radius 1 is 1.44 bits per heavy atom. The van der Waals surface area contributed by atoms with Gasteiger partial charge in [0.2, 0.25) is 5.91 Å². The smallest absolute Gasteiger partial charge is 0.311 e. The normalized spacial score (nSPS) is 27.1. The van der Waals surface area contributed by atoms with Crippen molar-refractivity contribution in [1.29, 1.82) is 0 Å². The molecule has 2 N–H and O–H groups in total. The summed E-state index contributed by atoms with van der Waals surface area (Å²) in [5.41, 5.74) is -0.859. The van der Waals surface area contributed by atoms with Crippen molar-refractivity contribution in [3.8, 4) is 0 Å². The Balaban J connectivity index is 2.37. The first-order valence-corrected chi connectivity index (χ1v) is 6.10. The molecule has 0 saturated heterocycles. The molecule has 0 aliphatic heterocycles. The Bertz CT molecular complexity index is 307. The number of nitrogens with one attached hydrogen (secondary N) is 1. The Hall–Kier alpha value is -1.14. The van der Waals surface area contributed by atoms with Crippen molar-refractivity contribution in [2.45, 2.75) is 32.2 Å². The Morgan fingerprint density at radius 3 is 2.78 bits per heavy atom. The fourth-order valence-electron chi connectivity index (χ4n) is 2.20. The van der Waals surface area contributed by atoms with E-state index in [1.165, 1.54) is 0 Å². The van der Waals surface area contributed by atoms with Crippen molar-refractivity contribution in [3.05, 3.63) is 0 Å². The summed E-state index contributed by atoms with van der Waals surface area (Å²) in [6, 6.07) is -0.312. The molecule has 1 aliphatic rings. The quantitative estimate of drug-likeness (QED) is 0.647. The van der Waals surface area contributed by atoms with Gasteiger partial charge in [0.05, 0.1) is 18.6 Å². The van der Waals surface area contributed by atoms with E-state index >= 15 is 0 Å². The van der Waals surface area contributed by atoms with Crippen molar-refractivity contribution >= 4 is 11.9 Å². The predicted molar refractivity (Wildman–Crippen MR) is 64.2 cm³/mol. The minimum Gasteiger partial charge on any atom is -0.481 e. The number of aliphatic carboxylic acids is 1. The molecule has 1 rings (SSSR count). The molecule has 0 aromatic rings. The molecule has 104 valence electrons. The molecule has 0 heterocycles. The summed E-state index contributed by atoms with van der Waals surface area (Å²) in [4.78, 5) is 22.8. The molecule has 6 nitrogen and oxygen atoms in total. The van der Waals surface area contributed by atoms with Gasteiger partial charge in [-0.3, -0.25) is 9.59 Å². The second-order valence-electron chi connectivity index (χ2n) is 4.78. The number of methoxy groups -OCH3 is 1. The highest BCUT2D eigenvalue weighted by Crippen LogP contribution is 2.38. The van der Waals surface area contributed by atoms with Gasteiger partial charge in [0, 0.05) is 13.2 Å². The minimum atomic E-state index is -0.859. The molecule has 6 heteroatoms. The molecule has 1 fully saturated rings. The van der Waals surface area contributed by atoms with Crippen LogP contribution in [0.15, 0.2) is 0 Å². The van der Waals surface area contributed by atoms with Gasteiger partial charge in [0.15, 0.2) is 0 Å². The molecule has 0 spiro atoms. The average molecular weight is 259 g/mol. The number of hydrogen-bond acceptors (Lipinski definition) is 4. The second-order valence-corrected chi connectivity index (χ2v) is 4.78. The molecule has 18 heavy (non-hydrogen) atoms. The largest absolute Gasteiger partial charge is 0.481 e. The van der Waals surface area contributed by atoms with Crippen LogP contribution in [0.3, 0.4) is 0 Å². The van der Waals surface area contributed by atoms with Crippen LogP contribution in [0.1, 0.15) is 26.2 Å². The summed E-state index contributed by atoms with van der Waals surface area (Å²) in [6.07, 6.45) is 2.11. The highest BCUT2D eigenvalue weighted by atomic mass is 16.5. The molecule has 0 bridgehead atoms. The standard InChI is InChI=1S/C12H21NO5/c1-12(11(15)16)5-3-4-9(12)13-10(14)8-18-7-6-17-2/h9H,3-8H2,1-2H3,(H,13,14)(H,15,16). The van der Waals surface area contributed by atoms with Crippen LogP contribution in [0.25, 0.3) is 0 Å². The van der Waals surface area contributed by atoms with Gasteiger partial charge in [-0.25, -0.2) is 0 Å². The van der Waals surface area contributed by atoms with Gasteiger partial charge in [-0.15, -0.1) is 0 Å². The topological polar surface area (TPSA) is 84.9 Å². The number of carbonyl (C=O) groups is 2. The van der Waals surface area contributed by atoms with Crippen molar-refractivity contribution in [2.75, 3.05) is 26.9 Å². The van der Waals surface area contributed by atoms with E-state index in [4.69, 9.17) is 9.47 Å². The number of rotatable bonds is 7. The molecule has 2 atom stereocenters. The van der Waals surface area contributed by atoms with Crippen LogP contribution in [-0.2, 0) is 19.1 Å². The van der Waals surface area contributed by atoms with Crippen LogP contribution >= 0.6 is 0 Å². The van der Waals surface area contributed by atoms with E-state index in [-0.39, 0.29) is 18.6 Å². The third-order valence-corrected chi connectivity index (χ3v) is 3.45. The van der Waals surface area contributed by atoms with Gasteiger partial charge in [-0.2, -0.15) is 0 Å². The number of carboxylic acid groups (broad SMARTS) is 1. The molecule has 1 saturated carbocycles. The zero-order valence-corrected chi connectivity index (χ0v) is 10.9. The zero-order chi connectivity index (χ0) is 13.6. The average Bonchev–Trinajstić information content (AvgIpc) is 2.68. The van der Waals surface area contributed by atoms with Gasteiger partial charge in [-0.1, -0.05) is 6.42 Å². The van der Waals surface area contributed by atoms with Gasteiger partial charge >= 0.3 is 5.97 Å². The number of hydrogen-bond donors (Lipinski definition) is 2. The number of carboxylic acids is 1. The van der Waals surface area contributed by atoms with E-state index in [0.29, 0.717) is 26.1 Å². The maximum atomic E-state index is 11.6. The number of amides is 1. The molecule has 0 aromatic carbocycles. The summed E-state index contributed by atoms with van der Waals surface area (Å²) in [5.74, 6) is -1.13. The van der Waals surface area contributed by atoms with Crippen molar-refractivity contribution < 1.29 is 24.2 Å². The van der Waals surface area contributed by atoms with E-state index in [9.17, 15) is 14.7 Å². The van der Waals surface area contributed by atoms with Crippen LogP contribution in [0.2, 0.25) is 0 Å². The van der Waals surface area contributed by atoms with E-state index in [1.807, 2.05) is 0 Å². The van der Waals surface area contributed by atoms with Crippen LogP contribution in [0.5, 0.6) is 0 Å². The van der Waals surface area contributed by atoms with Crippen LogP contribution < -0.4 is 5.32 Å². The highest BCUT2D eigenvalue weighted by molar-refractivity contribution is 5.80. The van der Waals surface area contributed by atoms with Gasteiger partial charge in [0.25, 0.3) is 0 Å². The van der Waals surface area contributed by atoms with E-state index in [2.05, 4.69) is 5.32 Å². The first-order chi connectivity index (χ1) is 8.50. The molecule has 1 aliphatic carbocycles. The number of ether oxygens (including phenoxy) is 2. The highest BCUT2D eigenvalue weighted by Gasteiger charge is 2.45. The fraction of sp³-hybridized carbons (Fsp3) is 0.833. The van der Waals surface area contributed by atoms with Crippen LogP contribution in [0.4, 0.5) is 0 Å². The third-order valence-electron chi connectivity index (χ3n) is 3.45. The maximum Gasteiger partial charge on any atom is 0.311 e. The molecular formula is C12H21NO5. The van der Waals surface area contributed by atoms with Crippen LogP contribution in [-0.4, -0.2) is 50.0 Å². The Labute approximate surface area is 107 Å². The molecular weight excluding hydrogens is 238 g/mol. The molecule has 0 aromatic heterocycles. The minimum absolute atomic E-state index is 0.0600. The van der Waals surface area contributed by atoms with Crippen molar-refractivity contribution in [1.82, 2.24) is 5.32 Å². The third kappa shape index (κ3) is 3.68. The maximum absolute atomic E-state index is 11.6. The fourth-order valence-corrected chi connectivity index (χ4v) is 2.20. The van der Waals surface area contributed by atoms with E-state index in [0.717, 1.165) is 6.42 Å². The summed E-state index contributed by atoms with van der Waals surface area (Å²) in [7, 11) is 1.56. The van der Waals surface area contributed by atoms with Crippen molar-refractivity contribution in [2.24, 2.45) is 5.41 Å². The summed E-state index contributed by atoms with van der Waals surface area (Å²) in [6.45, 7) is 2.41. The van der Waals surface area contributed by atoms with E-state index in [1.54, 1.807) is 14.0 Å². The summed E-state index contributed by atoms with van der Waals surface area (Å²) < 4.78 is 9.88. The molecule has 2 unspecified atom stereocenters. The second kappa shape index (κ2) is 6.70. The Kier molecular flexibility index (Phi) is 5.55. The van der Waals surface area contributed by atoms with Gasteiger partial charge < -0.3 is 19.9 Å². The number of carbonyl (C=O) groups excluding carboxylic acids is 1. The predicted octanol–water partition coefficient (Wildman–Crippen LogP) is 0.409. The lowest BCUT2D eigenvalue weighted by Crippen LogP contribution is -2.48. The Morgan fingerprint density at radius 2 is 2.17 bits per heavy atom. The van der Waals surface area contributed by atoms with Gasteiger partial charge in [-0.05, 0) is 19.8 Å². The van der Waals surface area contributed by atoms with E-state index < -0.39 is 11.4 Å². The van der Waals surface area contributed by atoms with Crippen molar-refractivity contribution in [3.63, 3.8) is 0 Å². The summed E-state index contributed by atoms with van der Waals surface area (Å²) >= 11 is 0. The molecule has 0 radical (unpaired) electrons. The monoisotopic (exact) mass is 259 g/mol. The zero-order valence-electron chi connectivity index (χ0n) is 10.9. The lowest BCUT2D eigenvalue weighted by molar-refractivity contribution is -0.149. The lowest BCUT2D eigenvalue weighted by Gasteiger charge is -2.27. The lowest BCUT2D eigenvalue weighted by atomic mass is 9.85. The summed E-state index contributed by atoms with van der Waals surface area (Å²) in [5, 5.41) is 11.9. The van der Waals surface area contributed by atoms with Crippen LogP contribution in [0, 0.1) is 5.41 Å². The SMILES string of the molecule is COCCOCC(=O)NC1CCCC1(C)C(=O)O. The first-order valence-electron chi connectivity index (χ1n) is 6.10. The molecule has 1 amide bonds. The first kappa shape index (κ1) is 14.9. The van der Waals surface area contributed by atoms with Gasteiger partial charge in [0.1, 0.15) is 6.61 Å².